The lowest BCUT2D eigenvalue weighted by molar-refractivity contribution is 0.414. The quantitative estimate of drug-likeness (QED) is 0.536. The number of nitrogens with zero attached hydrogens (tertiary/aromatic N) is 5. The molecule has 160 valence electrons. The Morgan fingerprint density at radius 3 is 2.42 bits per heavy atom. The number of hydrogen-bond donors (Lipinski definition) is 0. The van der Waals surface area contributed by atoms with E-state index in [0.29, 0.717) is 12.5 Å². The van der Waals surface area contributed by atoms with Gasteiger partial charge in [-0.1, -0.05) is 54.6 Å². The minimum atomic E-state index is 0.666. The van der Waals surface area contributed by atoms with Crippen LogP contribution in [0.25, 0.3) is 0 Å². The first-order valence-corrected chi connectivity index (χ1v) is 10.6. The highest BCUT2D eigenvalue weighted by Gasteiger charge is 2.19. The van der Waals surface area contributed by atoms with Gasteiger partial charge in [0.2, 0.25) is 5.95 Å². The van der Waals surface area contributed by atoms with Crippen LogP contribution < -0.4 is 14.5 Å². The first-order valence-electron chi connectivity index (χ1n) is 10.6. The molecule has 0 spiro atoms. The molecule has 6 nitrogen and oxygen atoms in total. The number of ether oxygens (including phenoxy) is 1. The summed E-state index contributed by atoms with van der Waals surface area (Å²) in [6, 6.07) is 18.5. The lowest BCUT2D eigenvalue weighted by Crippen LogP contribution is -2.21. The van der Waals surface area contributed by atoms with E-state index in [1.807, 2.05) is 29.9 Å². The van der Waals surface area contributed by atoms with Crippen LogP contribution in [0, 0.1) is 0 Å². The summed E-state index contributed by atoms with van der Waals surface area (Å²) in [5.41, 5.74) is 3.51. The zero-order chi connectivity index (χ0) is 21.6. The Hall–Kier alpha value is -3.54. The van der Waals surface area contributed by atoms with E-state index in [1.165, 1.54) is 11.1 Å². The van der Waals surface area contributed by atoms with Crippen LogP contribution in [0.15, 0.2) is 78.5 Å². The van der Waals surface area contributed by atoms with Gasteiger partial charge in [-0.25, -0.2) is 4.68 Å². The molecule has 0 unspecified atom stereocenters. The van der Waals surface area contributed by atoms with Crippen molar-refractivity contribution in [2.75, 3.05) is 31.0 Å². The molecule has 0 bridgehead atoms. The van der Waals surface area contributed by atoms with E-state index in [-0.39, 0.29) is 0 Å². The van der Waals surface area contributed by atoms with E-state index in [4.69, 9.17) is 14.8 Å². The number of allylic oxidation sites excluding steroid dienone is 3. The van der Waals surface area contributed by atoms with Crippen LogP contribution in [0.3, 0.4) is 0 Å². The number of rotatable bonds is 8. The smallest absolute Gasteiger partial charge is 0.250 e. The maximum atomic E-state index is 5.28. The van der Waals surface area contributed by atoms with Crippen LogP contribution >= 0.6 is 0 Å². The Bertz CT molecular complexity index is 1050. The van der Waals surface area contributed by atoms with Crippen molar-refractivity contribution in [1.29, 1.82) is 0 Å². The van der Waals surface area contributed by atoms with Gasteiger partial charge in [0.05, 0.1) is 13.7 Å². The van der Waals surface area contributed by atoms with Crippen molar-refractivity contribution in [3.05, 3.63) is 89.6 Å². The van der Waals surface area contributed by atoms with Gasteiger partial charge in [-0.15, -0.1) is 5.10 Å². The highest BCUT2D eigenvalue weighted by atomic mass is 16.5. The molecule has 31 heavy (non-hydrogen) atoms. The van der Waals surface area contributed by atoms with Crippen LogP contribution in [0.2, 0.25) is 0 Å². The van der Waals surface area contributed by atoms with Gasteiger partial charge in [-0.2, -0.15) is 4.98 Å². The maximum absolute atomic E-state index is 5.28. The monoisotopic (exact) mass is 415 g/mol. The van der Waals surface area contributed by atoms with Gasteiger partial charge in [0, 0.05) is 26.3 Å². The van der Waals surface area contributed by atoms with E-state index < -0.39 is 0 Å². The van der Waals surface area contributed by atoms with Gasteiger partial charge in [-0.05, 0) is 42.2 Å². The molecule has 2 aromatic carbocycles. The van der Waals surface area contributed by atoms with Gasteiger partial charge in [0.25, 0.3) is 5.95 Å². The largest absolute Gasteiger partial charge is 0.497 e. The molecule has 0 N–H and O–H groups in total. The first kappa shape index (κ1) is 20.7. The summed E-state index contributed by atoms with van der Waals surface area (Å²) in [7, 11) is 5.76. The summed E-state index contributed by atoms with van der Waals surface area (Å²) >= 11 is 0. The van der Waals surface area contributed by atoms with Gasteiger partial charge < -0.3 is 14.5 Å². The van der Waals surface area contributed by atoms with E-state index in [1.54, 1.807) is 7.11 Å². The predicted octanol–water partition coefficient (Wildman–Crippen LogP) is 4.64. The lowest BCUT2D eigenvalue weighted by atomic mass is 10.1. The molecule has 0 atom stereocenters. The minimum absolute atomic E-state index is 0.666. The second-order valence-corrected chi connectivity index (χ2v) is 7.73. The van der Waals surface area contributed by atoms with Crippen molar-refractivity contribution in [3.8, 4) is 5.75 Å². The summed E-state index contributed by atoms with van der Waals surface area (Å²) in [6.07, 6.45) is 8.71. The zero-order valence-electron chi connectivity index (χ0n) is 18.4. The predicted molar refractivity (Wildman–Crippen MR) is 126 cm³/mol. The molecule has 1 aliphatic carbocycles. The summed E-state index contributed by atoms with van der Waals surface area (Å²) in [4.78, 5) is 9.11. The number of benzene rings is 2. The fourth-order valence-corrected chi connectivity index (χ4v) is 3.65. The number of methoxy groups -OCH3 is 1. The van der Waals surface area contributed by atoms with Crippen molar-refractivity contribution in [3.63, 3.8) is 0 Å². The van der Waals surface area contributed by atoms with E-state index >= 15 is 0 Å². The fraction of sp³-hybridized carbons (Fsp3) is 0.280. The highest BCUT2D eigenvalue weighted by Crippen LogP contribution is 2.23. The Balaban J connectivity index is 1.62. The maximum Gasteiger partial charge on any atom is 0.250 e. The molecule has 6 heteroatoms. The van der Waals surface area contributed by atoms with Crippen molar-refractivity contribution in [2.45, 2.75) is 25.9 Å². The number of hydrogen-bond acceptors (Lipinski definition) is 5. The lowest BCUT2D eigenvalue weighted by Gasteiger charge is -2.19. The standard InChI is InChI=1S/C25H29N5O/c1-28(18-21-14-16-23(31-3)17-15-21)25-26-24(29(2)22-12-8-5-9-13-22)27-30(25)19-20-10-6-4-7-11-20/h4,6-8,10-17H,5,9,18-19H2,1-3H3. The molecule has 4 rings (SSSR count). The number of likely N-dealkylation sites (N-methyl/N-ethyl adjacent to an activating group) is 1. The third-order valence-electron chi connectivity index (χ3n) is 5.40. The van der Waals surface area contributed by atoms with Gasteiger partial charge in [0.1, 0.15) is 5.75 Å². The minimum Gasteiger partial charge on any atom is -0.497 e. The Morgan fingerprint density at radius 1 is 0.968 bits per heavy atom. The number of aromatic nitrogens is 3. The SMILES string of the molecule is COc1ccc(CN(C)c2nc(N(C)C3=CCCC=C3)nn2Cc2ccccc2)cc1. The van der Waals surface area contributed by atoms with Crippen LogP contribution in [0.5, 0.6) is 5.75 Å². The third kappa shape index (κ3) is 4.97. The average Bonchev–Trinajstić information content (AvgIpc) is 3.24. The van der Waals surface area contributed by atoms with Crippen LogP contribution in [0.4, 0.5) is 11.9 Å². The second-order valence-electron chi connectivity index (χ2n) is 7.73. The number of anilines is 2. The molecule has 0 fully saturated rings. The molecule has 1 aliphatic rings. The summed E-state index contributed by atoms with van der Waals surface area (Å²) in [6.45, 7) is 1.39. The Morgan fingerprint density at radius 2 is 1.74 bits per heavy atom. The van der Waals surface area contributed by atoms with Gasteiger partial charge >= 0.3 is 0 Å². The summed E-state index contributed by atoms with van der Waals surface area (Å²) in [5.74, 6) is 2.39. The summed E-state index contributed by atoms with van der Waals surface area (Å²) < 4.78 is 7.26. The molecule has 1 aromatic heterocycles. The Kier molecular flexibility index (Phi) is 6.36. The van der Waals surface area contributed by atoms with Crippen molar-refractivity contribution in [1.82, 2.24) is 14.8 Å². The molecular weight excluding hydrogens is 386 g/mol. The second kappa shape index (κ2) is 9.51. The molecule has 0 amide bonds. The molecule has 0 radical (unpaired) electrons. The van der Waals surface area contributed by atoms with Crippen molar-refractivity contribution < 1.29 is 4.74 Å². The third-order valence-corrected chi connectivity index (χ3v) is 5.40. The summed E-state index contributed by atoms with van der Waals surface area (Å²) in [5, 5.41) is 4.87. The normalized spacial score (nSPS) is 13.1. The molecule has 0 saturated heterocycles. The first-order chi connectivity index (χ1) is 15.1. The van der Waals surface area contributed by atoms with E-state index in [2.05, 4.69) is 71.5 Å². The topological polar surface area (TPSA) is 46.4 Å². The molecule has 0 saturated carbocycles. The van der Waals surface area contributed by atoms with Crippen molar-refractivity contribution in [2.24, 2.45) is 0 Å². The van der Waals surface area contributed by atoms with Gasteiger partial charge in [0.15, 0.2) is 0 Å². The van der Waals surface area contributed by atoms with E-state index in [0.717, 1.165) is 36.8 Å². The average molecular weight is 416 g/mol. The molecular formula is C25H29N5O. The molecule has 1 heterocycles. The van der Waals surface area contributed by atoms with Crippen LogP contribution in [0.1, 0.15) is 24.0 Å². The Labute approximate surface area is 184 Å². The van der Waals surface area contributed by atoms with Crippen LogP contribution in [-0.2, 0) is 13.1 Å². The fourth-order valence-electron chi connectivity index (χ4n) is 3.65. The van der Waals surface area contributed by atoms with E-state index in [9.17, 15) is 0 Å². The zero-order valence-corrected chi connectivity index (χ0v) is 18.4. The van der Waals surface area contributed by atoms with Crippen molar-refractivity contribution >= 4 is 11.9 Å². The van der Waals surface area contributed by atoms with Gasteiger partial charge in [-0.3, -0.25) is 0 Å². The molecule has 3 aromatic rings. The molecule has 0 aliphatic heterocycles. The highest BCUT2D eigenvalue weighted by molar-refractivity contribution is 5.48. The van der Waals surface area contributed by atoms with Crippen LogP contribution in [-0.4, -0.2) is 36.0 Å².